The van der Waals surface area contributed by atoms with Crippen LogP contribution < -0.4 is 0 Å². The smallest absolute Gasteiger partial charge is 0.0297 e. The minimum Gasteiger partial charge on any atom is -0.0651 e. The molecule has 8 aliphatic rings. The van der Waals surface area contributed by atoms with Crippen LogP contribution in [-0.2, 0) is 0 Å². The predicted octanol–water partition coefficient (Wildman–Crippen LogP) is 19.1. The lowest BCUT2D eigenvalue weighted by Crippen LogP contribution is -2.39. The molecule has 0 aliphatic heterocycles. The molecule has 8 rings (SSSR count). The van der Waals surface area contributed by atoms with Gasteiger partial charge in [-0.15, -0.1) is 0 Å². The minimum absolute atomic E-state index is 0.595. The Morgan fingerprint density at radius 3 is 1.07 bits per heavy atom. The van der Waals surface area contributed by atoms with Gasteiger partial charge in [-0.3, -0.25) is 0 Å². The summed E-state index contributed by atoms with van der Waals surface area (Å²) in [5, 5.41) is 0. The van der Waals surface area contributed by atoms with Crippen LogP contribution in [0.3, 0.4) is 0 Å². The van der Waals surface area contributed by atoms with Gasteiger partial charge in [0.25, 0.3) is 0 Å². The molecule has 0 heterocycles. The molecule has 0 aromatic carbocycles. The fraction of sp³-hybridized carbons (Fsp3) is 1.00. The van der Waals surface area contributed by atoms with Crippen molar-refractivity contribution in [3.63, 3.8) is 0 Å². The van der Waals surface area contributed by atoms with E-state index in [2.05, 4.69) is 138 Å². The van der Waals surface area contributed by atoms with Gasteiger partial charge in [-0.1, -0.05) is 183 Å². The number of hydrogen-bond acceptors (Lipinski definition) is 0. The quantitative estimate of drug-likeness (QED) is 0.267. The molecule has 0 aromatic rings. The molecule has 0 spiro atoms. The summed E-state index contributed by atoms with van der Waals surface area (Å²) in [5.74, 6) is 18.1. The molecule has 8 saturated carbocycles. The van der Waals surface area contributed by atoms with Gasteiger partial charge in [-0.2, -0.15) is 0 Å². The van der Waals surface area contributed by atoms with E-state index >= 15 is 0 Å². The summed E-state index contributed by atoms with van der Waals surface area (Å²) in [7, 11) is 0. The van der Waals surface area contributed by atoms with Crippen LogP contribution in [0.4, 0.5) is 0 Å². The Labute approximate surface area is 363 Å². The molecule has 9 atom stereocenters. The third-order valence-electron chi connectivity index (χ3n) is 19.7. The average Bonchev–Trinajstić information content (AvgIpc) is 3.79. The molecular formula is C57H112. The first-order valence-corrected chi connectivity index (χ1v) is 26.4. The summed E-state index contributed by atoms with van der Waals surface area (Å²) in [4.78, 5) is 0. The van der Waals surface area contributed by atoms with Gasteiger partial charge in [-0.05, 0) is 182 Å². The molecular weight excluding hydrogens is 685 g/mol. The maximum Gasteiger partial charge on any atom is -0.0297 e. The number of fused-ring (bicyclic) bond motifs is 2. The van der Waals surface area contributed by atoms with Crippen molar-refractivity contribution in [2.75, 3.05) is 0 Å². The van der Waals surface area contributed by atoms with E-state index in [1.807, 2.05) is 0 Å². The van der Waals surface area contributed by atoms with Gasteiger partial charge in [0.15, 0.2) is 0 Å². The van der Waals surface area contributed by atoms with Gasteiger partial charge in [0.05, 0.1) is 0 Å². The first-order chi connectivity index (χ1) is 26.4. The summed E-state index contributed by atoms with van der Waals surface area (Å²) in [6.45, 7) is 47.3. The maximum absolute atomic E-state index is 2.48. The molecule has 8 fully saturated rings. The lowest BCUT2D eigenvalue weighted by Gasteiger charge is -2.45. The lowest BCUT2D eigenvalue weighted by molar-refractivity contribution is 0.0302. The number of hydrogen-bond donors (Lipinski definition) is 0. The van der Waals surface area contributed by atoms with E-state index in [9.17, 15) is 0 Å². The Kier molecular flexibility index (Phi) is 22.9. The fourth-order valence-corrected chi connectivity index (χ4v) is 12.2. The second kappa shape index (κ2) is 24.6. The third-order valence-corrected chi connectivity index (χ3v) is 19.7. The zero-order valence-corrected chi connectivity index (χ0v) is 43.4. The van der Waals surface area contributed by atoms with Crippen LogP contribution in [0.15, 0.2) is 0 Å². The Morgan fingerprint density at radius 1 is 0.509 bits per heavy atom. The molecule has 8 aliphatic carbocycles. The van der Waals surface area contributed by atoms with E-state index in [-0.39, 0.29) is 0 Å². The molecule has 0 aromatic heterocycles. The molecule has 57 heavy (non-hydrogen) atoms. The van der Waals surface area contributed by atoms with E-state index in [1.54, 1.807) is 0 Å². The molecule has 340 valence electrons. The van der Waals surface area contributed by atoms with Crippen LogP contribution >= 0.6 is 0 Å². The maximum atomic E-state index is 2.48. The van der Waals surface area contributed by atoms with Gasteiger partial charge >= 0.3 is 0 Å². The summed E-state index contributed by atoms with van der Waals surface area (Å²) in [6, 6.07) is 0. The summed E-state index contributed by atoms with van der Waals surface area (Å²) in [5.41, 5.74) is 1.36. The molecule has 0 radical (unpaired) electrons. The highest BCUT2D eigenvalue weighted by atomic mass is 14.5. The van der Waals surface area contributed by atoms with Crippen LogP contribution in [0.2, 0.25) is 0 Å². The van der Waals surface area contributed by atoms with Crippen molar-refractivity contribution in [2.24, 2.45) is 117 Å². The Hall–Kier alpha value is 0. The molecule has 0 amide bonds. The molecule has 0 N–H and O–H groups in total. The molecule has 0 saturated heterocycles. The normalized spacial score (nSPS) is 42.1. The van der Waals surface area contributed by atoms with E-state index in [4.69, 9.17) is 0 Å². The van der Waals surface area contributed by atoms with Crippen molar-refractivity contribution >= 4 is 0 Å². The highest BCUT2D eigenvalue weighted by Gasteiger charge is 2.46. The first kappa shape index (κ1) is 53.1. The predicted molar refractivity (Wildman–Crippen MR) is 260 cm³/mol. The van der Waals surface area contributed by atoms with Crippen LogP contribution in [0, 0.1) is 117 Å². The van der Waals surface area contributed by atoms with E-state index in [1.165, 1.54) is 109 Å². The molecule has 0 nitrogen and oxygen atoms in total. The topological polar surface area (TPSA) is 0 Å². The standard InChI is InChI=1S/C9H16.6C8H16/c1-7-5-8-3-4-9(7,2)6-8;1-6-4-7(2)8(3)5-6;1-6(2)8-4-7(3)5-8;1-8(2,3)7-5-4-6-7;1-6-4-5-7(2)8(6)3;1-5-6(2)8(4)7(5)3;1-3-7(2)8-5-4-6-8/h7-8H,3-6H2,1-2H3;2*6-8H,4-5H2,1-3H3;7H,4-6H2,1-3H3;6-8H,4-5H2,1-3H3;5-8H,1-4H3;7-8H,3-6H2,1-2H3/t7-,8?,9?;6?,7-,8?;;;;;/m00...../s1. The van der Waals surface area contributed by atoms with E-state index in [0.717, 1.165) is 112 Å². The van der Waals surface area contributed by atoms with Crippen LogP contribution in [0.25, 0.3) is 0 Å². The van der Waals surface area contributed by atoms with Crippen molar-refractivity contribution in [1.82, 2.24) is 0 Å². The second-order valence-electron chi connectivity index (χ2n) is 25.4. The van der Waals surface area contributed by atoms with Gasteiger partial charge < -0.3 is 0 Å². The van der Waals surface area contributed by atoms with E-state index in [0.29, 0.717) is 5.41 Å². The van der Waals surface area contributed by atoms with Gasteiger partial charge in [0.1, 0.15) is 0 Å². The van der Waals surface area contributed by atoms with E-state index < -0.39 is 0 Å². The highest BCUT2D eigenvalue weighted by molar-refractivity contribution is 4.96. The SMILES string of the molecule is CC(C)(C)C1CCC1.CC1C(C)C(C)C1C.CC1CC(C(C)C)C1.CC1CC(C)[C@@H](C)C1.CC1CCC(C)C1C.CCC(C)C1CCC1.C[C@H]1CC2CCC1(C)C2. The minimum atomic E-state index is 0.595. The van der Waals surface area contributed by atoms with Crippen molar-refractivity contribution in [3.8, 4) is 0 Å². The zero-order chi connectivity index (χ0) is 43.4. The van der Waals surface area contributed by atoms with Crippen molar-refractivity contribution in [3.05, 3.63) is 0 Å². The summed E-state index contributed by atoms with van der Waals surface area (Å²) >= 11 is 0. The Balaban J connectivity index is 0.000000230. The van der Waals surface area contributed by atoms with Crippen LogP contribution in [0.1, 0.15) is 248 Å². The van der Waals surface area contributed by atoms with Gasteiger partial charge in [0.2, 0.25) is 0 Å². The highest BCUT2D eigenvalue weighted by Crippen LogP contribution is 2.57. The average molecular weight is 798 g/mol. The van der Waals surface area contributed by atoms with Crippen LogP contribution in [-0.4, -0.2) is 0 Å². The largest absolute Gasteiger partial charge is 0.0651 e. The van der Waals surface area contributed by atoms with Gasteiger partial charge in [0, 0.05) is 0 Å². The monoisotopic (exact) mass is 797 g/mol. The summed E-state index contributed by atoms with van der Waals surface area (Å²) in [6.07, 6.45) is 25.2. The number of rotatable bonds is 3. The second-order valence-corrected chi connectivity index (χ2v) is 25.4. The van der Waals surface area contributed by atoms with Gasteiger partial charge in [-0.25, -0.2) is 0 Å². The zero-order valence-electron chi connectivity index (χ0n) is 43.4. The lowest BCUT2D eigenvalue weighted by atomic mass is 9.60. The third kappa shape index (κ3) is 17.0. The molecule has 0 heteroatoms. The Morgan fingerprint density at radius 2 is 0.947 bits per heavy atom. The first-order valence-electron chi connectivity index (χ1n) is 26.4. The fourth-order valence-electron chi connectivity index (χ4n) is 12.2. The van der Waals surface area contributed by atoms with Crippen LogP contribution in [0.5, 0.6) is 0 Å². The Bertz CT molecular complexity index is 966. The summed E-state index contributed by atoms with van der Waals surface area (Å²) < 4.78 is 0. The van der Waals surface area contributed by atoms with Crippen molar-refractivity contribution in [2.45, 2.75) is 248 Å². The van der Waals surface area contributed by atoms with Crippen molar-refractivity contribution in [1.29, 1.82) is 0 Å². The van der Waals surface area contributed by atoms with Crippen molar-refractivity contribution < 1.29 is 0 Å². The molecule has 2 bridgehead atoms. The molecule has 7 unspecified atom stereocenters.